The lowest BCUT2D eigenvalue weighted by Gasteiger charge is -2.12. The molecular weight excluding hydrogens is 401 g/mol. The molecule has 3 aromatic rings. The van der Waals surface area contributed by atoms with Crippen molar-refractivity contribution in [3.63, 3.8) is 0 Å². The summed E-state index contributed by atoms with van der Waals surface area (Å²) in [4.78, 5) is 17.4. The molecule has 0 spiro atoms. The lowest BCUT2D eigenvalue weighted by Crippen LogP contribution is -2.36. The Morgan fingerprint density at radius 2 is 2.00 bits per heavy atom. The molecule has 0 radical (unpaired) electrons. The van der Waals surface area contributed by atoms with E-state index in [4.69, 9.17) is 9.47 Å². The van der Waals surface area contributed by atoms with E-state index in [2.05, 4.69) is 20.7 Å². The predicted molar refractivity (Wildman–Crippen MR) is 114 cm³/mol. The second-order valence-electron chi connectivity index (χ2n) is 7.10. The molecule has 160 valence electrons. The number of aryl methyl sites for hydroxylation is 2. The summed E-state index contributed by atoms with van der Waals surface area (Å²) < 4.78 is 26.0. The molecule has 0 fully saturated rings. The van der Waals surface area contributed by atoms with E-state index in [1.807, 2.05) is 20.9 Å². The molecule has 0 atom stereocenters. The van der Waals surface area contributed by atoms with E-state index in [9.17, 15) is 9.18 Å². The number of guanidine groups is 1. The number of carbonyl (C=O) groups is 1. The summed E-state index contributed by atoms with van der Waals surface area (Å²) in [6.07, 6.45) is 0. The van der Waals surface area contributed by atoms with Gasteiger partial charge in [-0.1, -0.05) is 6.07 Å². The molecule has 0 bridgehead atoms. The van der Waals surface area contributed by atoms with Crippen LogP contribution < -0.4 is 20.1 Å². The van der Waals surface area contributed by atoms with Crippen LogP contribution in [0.25, 0.3) is 0 Å². The second kappa shape index (κ2) is 8.47. The number of halogens is 1. The summed E-state index contributed by atoms with van der Waals surface area (Å²) in [5.74, 6) is 0.499. The van der Waals surface area contributed by atoms with Crippen molar-refractivity contribution in [2.75, 3.05) is 12.1 Å². The summed E-state index contributed by atoms with van der Waals surface area (Å²) in [5.41, 5.74) is 3.64. The van der Waals surface area contributed by atoms with Crippen LogP contribution in [0.5, 0.6) is 11.5 Å². The van der Waals surface area contributed by atoms with E-state index in [1.54, 1.807) is 35.0 Å². The number of fused-ring (bicyclic) bond motifs is 1. The van der Waals surface area contributed by atoms with E-state index in [0.717, 1.165) is 17.0 Å². The van der Waals surface area contributed by atoms with Gasteiger partial charge in [-0.2, -0.15) is 5.10 Å². The molecule has 1 aromatic heterocycles. The first-order valence-corrected chi connectivity index (χ1v) is 9.68. The summed E-state index contributed by atoms with van der Waals surface area (Å²) >= 11 is 0. The maximum Gasteiger partial charge on any atom is 0.258 e. The molecule has 0 saturated carbocycles. The minimum atomic E-state index is -0.398. The standard InChI is InChI=1S/C22H22FN5O3/c1-13-18(14(2)28(3)27-13)11-24-22(25-17-6-4-5-16(23)10-17)26-21(29)15-7-8-19-20(9-15)31-12-30-19/h4-10H,11-12H2,1-3H3,(H2,24,25,26,29). The highest BCUT2D eigenvalue weighted by Gasteiger charge is 2.17. The fourth-order valence-electron chi connectivity index (χ4n) is 3.24. The number of benzene rings is 2. The van der Waals surface area contributed by atoms with Crippen molar-refractivity contribution < 1.29 is 18.7 Å². The quantitative estimate of drug-likeness (QED) is 0.497. The Kier molecular flexibility index (Phi) is 5.57. The summed E-state index contributed by atoms with van der Waals surface area (Å²) in [7, 11) is 1.86. The Morgan fingerprint density at radius 3 is 2.74 bits per heavy atom. The van der Waals surface area contributed by atoms with Gasteiger partial charge in [-0.25, -0.2) is 9.38 Å². The Labute approximate surface area is 178 Å². The topological polar surface area (TPSA) is 89.8 Å². The number of carbonyl (C=O) groups excluding carboxylic acids is 1. The van der Waals surface area contributed by atoms with Crippen molar-refractivity contribution in [2.45, 2.75) is 20.4 Å². The van der Waals surface area contributed by atoms with E-state index in [-0.39, 0.29) is 18.7 Å². The molecule has 2 aromatic carbocycles. The van der Waals surface area contributed by atoms with Gasteiger partial charge in [0, 0.05) is 29.6 Å². The minimum absolute atomic E-state index is 0.123. The third kappa shape index (κ3) is 4.50. The third-order valence-electron chi connectivity index (χ3n) is 5.01. The number of amides is 1. The zero-order chi connectivity index (χ0) is 22.0. The van der Waals surface area contributed by atoms with Gasteiger partial charge in [0.2, 0.25) is 12.8 Å². The normalized spacial score (nSPS) is 12.7. The van der Waals surface area contributed by atoms with Crippen LogP contribution in [-0.2, 0) is 13.6 Å². The van der Waals surface area contributed by atoms with E-state index in [1.165, 1.54) is 12.1 Å². The van der Waals surface area contributed by atoms with Crippen molar-refractivity contribution in [1.29, 1.82) is 0 Å². The number of hydrogen-bond acceptors (Lipinski definition) is 5. The summed E-state index contributed by atoms with van der Waals surface area (Å²) in [6.45, 7) is 4.28. The summed E-state index contributed by atoms with van der Waals surface area (Å²) in [5, 5.41) is 10.1. The Morgan fingerprint density at radius 1 is 1.19 bits per heavy atom. The number of aliphatic imine (C=N–C) groups is 1. The Bertz CT molecular complexity index is 1170. The smallest absolute Gasteiger partial charge is 0.258 e. The lowest BCUT2D eigenvalue weighted by molar-refractivity contribution is 0.0976. The van der Waals surface area contributed by atoms with Crippen LogP contribution in [0, 0.1) is 19.7 Å². The lowest BCUT2D eigenvalue weighted by atomic mass is 10.2. The predicted octanol–water partition coefficient (Wildman–Crippen LogP) is 3.30. The van der Waals surface area contributed by atoms with E-state index < -0.39 is 5.82 Å². The highest BCUT2D eigenvalue weighted by Crippen LogP contribution is 2.32. The Balaban J connectivity index is 1.59. The molecular formula is C22H22FN5O3. The van der Waals surface area contributed by atoms with E-state index >= 15 is 0 Å². The second-order valence-corrected chi connectivity index (χ2v) is 7.10. The average molecular weight is 423 g/mol. The number of hydrogen-bond donors (Lipinski definition) is 2. The van der Waals surface area contributed by atoms with Crippen LogP contribution >= 0.6 is 0 Å². The van der Waals surface area contributed by atoms with Crippen molar-refractivity contribution in [3.8, 4) is 11.5 Å². The molecule has 1 amide bonds. The molecule has 8 nitrogen and oxygen atoms in total. The largest absolute Gasteiger partial charge is 0.454 e. The number of nitrogens with one attached hydrogen (secondary N) is 2. The van der Waals surface area contributed by atoms with Crippen molar-refractivity contribution >= 4 is 17.6 Å². The highest BCUT2D eigenvalue weighted by molar-refractivity contribution is 6.10. The molecule has 31 heavy (non-hydrogen) atoms. The first-order valence-electron chi connectivity index (χ1n) is 9.68. The maximum absolute atomic E-state index is 13.6. The third-order valence-corrected chi connectivity index (χ3v) is 5.01. The fraction of sp³-hybridized carbons (Fsp3) is 0.227. The van der Waals surface area contributed by atoms with Crippen LogP contribution in [0.1, 0.15) is 27.3 Å². The van der Waals surface area contributed by atoms with Crippen molar-refractivity contribution in [1.82, 2.24) is 15.1 Å². The van der Waals surface area contributed by atoms with Crippen LogP contribution in [0.2, 0.25) is 0 Å². The first kappa shape index (κ1) is 20.4. The first-order chi connectivity index (χ1) is 14.9. The molecule has 2 N–H and O–H groups in total. The molecule has 1 aliphatic rings. The van der Waals surface area contributed by atoms with Crippen LogP contribution in [0.4, 0.5) is 10.1 Å². The maximum atomic E-state index is 13.6. The van der Waals surface area contributed by atoms with Gasteiger partial charge >= 0.3 is 0 Å². The monoisotopic (exact) mass is 423 g/mol. The number of nitrogens with zero attached hydrogens (tertiary/aromatic N) is 3. The Hall–Kier alpha value is -3.88. The molecule has 0 unspecified atom stereocenters. The zero-order valence-electron chi connectivity index (χ0n) is 17.4. The molecule has 4 rings (SSSR count). The van der Waals surface area contributed by atoms with Gasteiger partial charge in [0.15, 0.2) is 11.5 Å². The average Bonchev–Trinajstić information content (AvgIpc) is 3.30. The van der Waals surface area contributed by atoms with Crippen LogP contribution in [-0.4, -0.2) is 28.4 Å². The van der Waals surface area contributed by atoms with Gasteiger partial charge in [0.25, 0.3) is 5.91 Å². The van der Waals surface area contributed by atoms with Gasteiger partial charge in [-0.15, -0.1) is 0 Å². The van der Waals surface area contributed by atoms with E-state index in [0.29, 0.717) is 29.3 Å². The fourth-order valence-corrected chi connectivity index (χ4v) is 3.24. The number of ether oxygens (including phenoxy) is 2. The van der Waals surface area contributed by atoms with Crippen molar-refractivity contribution in [2.24, 2.45) is 12.0 Å². The number of aromatic nitrogens is 2. The van der Waals surface area contributed by atoms with Gasteiger partial charge in [-0.05, 0) is 50.2 Å². The van der Waals surface area contributed by atoms with Crippen molar-refractivity contribution in [3.05, 3.63) is 70.8 Å². The highest BCUT2D eigenvalue weighted by atomic mass is 19.1. The van der Waals surface area contributed by atoms with Gasteiger partial charge in [-0.3, -0.25) is 14.8 Å². The molecule has 0 aliphatic carbocycles. The molecule has 1 aliphatic heterocycles. The van der Waals surface area contributed by atoms with Gasteiger partial charge in [0.1, 0.15) is 5.82 Å². The van der Waals surface area contributed by atoms with Crippen LogP contribution in [0.3, 0.4) is 0 Å². The van der Waals surface area contributed by atoms with Gasteiger partial charge in [0.05, 0.1) is 12.2 Å². The van der Waals surface area contributed by atoms with Crippen LogP contribution in [0.15, 0.2) is 47.5 Å². The summed E-state index contributed by atoms with van der Waals surface area (Å²) in [6, 6.07) is 10.8. The molecule has 2 heterocycles. The minimum Gasteiger partial charge on any atom is -0.454 e. The SMILES string of the molecule is Cc1nn(C)c(C)c1CN=C(NC(=O)c1ccc2c(c1)OCO2)Nc1cccc(F)c1. The number of anilines is 1. The van der Waals surface area contributed by atoms with Gasteiger partial charge < -0.3 is 14.8 Å². The number of rotatable bonds is 4. The zero-order valence-corrected chi connectivity index (χ0v) is 17.4. The molecule has 9 heteroatoms. The molecule has 0 saturated heterocycles.